The third-order valence-corrected chi connectivity index (χ3v) is 2.42. The number of nitrogens with zero attached hydrogens (tertiary/aromatic N) is 2. The molecule has 0 fully saturated rings. The van der Waals surface area contributed by atoms with Crippen molar-refractivity contribution in [2.24, 2.45) is 13.0 Å². The molecule has 1 aromatic rings. The summed E-state index contributed by atoms with van der Waals surface area (Å²) >= 11 is 0. The normalized spacial score (nSPS) is 13.2. The minimum Gasteiger partial charge on any atom is -0.453 e. The van der Waals surface area contributed by atoms with Crippen LogP contribution in [0.5, 0.6) is 0 Å². The molecule has 1 heterocycles. The number of hydrogen-bond acceptors (Lipinski definition) is 3. The summed E-state index contributed by atoms with van der Waals surface area (Å²) in [6, 6.07) is 1.39. The highest BCUT2D eigenvalue weighted by atomic mass is 19.4. The number of nitrogens with one attached hydrogen (secondary N) is 1. The quantitative estimate of drug-likeness (QED) is 0.912. The van der Waals surface area contributed by atoms with E-state index in [2.05, 4.69) is 15.2 Å². The molecule has 0 bridgehead atoms. The molecule has 18 heavy (non-hydrogen) atoms. The largest absolute Gasteiger partial charge is 0.453 e. The number of aryl methyl sites for hydroxylation is 1. The molecule has 8 heteroatoms. The van der Waals surface area contributed by atoms with Crippen LogP contribution in [-0.2, 0) is 18.2 Å². The fourth-order valence-electron chi connectivity index (χ4n) is 1.33. The van der Waals surface area contributed by atoms with E-state index in [0.29, 0.717) is 0 Å². The number of carbonyl (C=O) groups is 1. The van der Waals surface area contributed by atoms with Crippen LogP contribution in [0.2, 0.25) is 0 Å². The van der Waals surface area contributed by atoms with Gasteiger partial charge in [0.25, 0.3) is 0 Å². The van der Waals surface area contributed by atoms with Gasteiger partial charge in [-0.05, 0) is 0 Å². The van der Waals surface area contributed by atoms with Crippen molar-refractivity contribution >= 4 is 11.9 Å². The lowest BCUT2D eigenvalue weighted by atomic mass is 10.1. The molecular weight excluding hydrogens is 251 g/mol. The summed E-state index contributed by atoms with van der Waals surface area (Å²) in [4.78, 5) is 11.0. The van der Waals surface area contributed by atoms with Gasteiger partial charge in [-0.2, -0.15) is 18.3 Å². The number of halogens is 3. The van der Waals surface area contributed by atoms with E-state index in [4.69, 9.17) is 0 Å². The molecule has 1 unspecified atom stereocenters. The van der Waals surface area contributed by atoms with Gasteiger partial charge in [-0.15, -0.1) is 0 Å². The van der Waals surface area contributed by atoms with Crippen molar-refractivity contribution in [1.29, 1.82) is 0 Å². The Morgan fingerprint density at radius 1 is 1.61 bits per heavy atom. The summed E-state index contributed by atoms with van der Waals surface area (Å²) in [5, 5.41) is 6.25. The molecule has 1 rings (SSSR count). The smallest absolute Gasteiger partial charge is 0.412 e. The number of amides is 1. The number of hydrogen-bond donors (Lipinski definition) is 1. The first-order valence-electron chi connectivity index (χ1n) is 5.18. The molecule has 1 N–H and O–H groups in total. The molecule has 0 saturated carbocycles. The van der Waals surface area contributed by atoms with Gasteiger partial charge in [0.05, 0.1) is 18.7 Å². The summed E-state index contributed by atoms with van der Waals surface area (Å²) in [6.07, 6.45) is -5.19. The third-order valence-electron chi connectivity index (χ3n) is 2.42. The Hall–Kier alpha value is -1.73. The topological polar surface area (TPSA) is 56.1 Å². The SMILES string of the molecule is COC(=O)Nc1cc(CC(C)C(F)(F)F)nn1C. The van der Waals surface area contributed by atoms with Gasteiger partial charge in [-0.25, -0.2) is 4.79 Å². The molecule has 0 saturated heterocycles. The van der Waals surface area contributed by atoms with E-state index in [1.165, 1.54) is 24.9 Å². The minimum absolute atomic E-state index is 0.236. The van der Waals surface area contributed by atoms with E-state index in [9.17, 15) is 18.0 Å². The summed E-state index contributed by atoms with van der Waals surface area (Å²) in [5.41, 5.74) is 0.258. The van der Waals surface area contributed by atoms with E-state index in [1.807, 2.05) is 0 Å². The Kier molecular flexibility index (Phi) is 4.20. The lowest BCUT2D eigenvalue weighted by Crippen LogP contribution is -2.22. The van der Waals surface area contributed by atoms with Gasteiger partial charge in [0.2, 0.25) is 0 Å². The fraction of sp³-hybridized carbons (Fsp3) is 0.600. The van der Waals surface area contributed by atoms with Crippen LogP contribution < -0.4 is 5.32 Å². The van der Waals surface area contributed by atoms with Crippen molar-refractivity contribution in [2.75, 3.05) is 12.4 Å². The van der Waals surface area contributed by atoms with Crippen LogP contribution >= 0.6 is 0 Å². The molecule has 102 valence electrons. The maximum atomic E-state index is 12.4. The van der Waals surface area contributed by atoms with Gasteiger partial charge in [0.1, 0.15) is 5.82 Å². The van der Waals surface area contributed by atoms with Crippen LogP contribution in [-0.4, -0.2) is 29.2 Å². The zero-order chi connectivity index (χ0) is 13.9. The highest BCUT2D eigenvalue weighted by Gasteiger charge is 2.36. The average Bonchev–Trinajstić information content (AvgIpc) is 2.57. The Morgan fingerprint density at radius 3 is 2.72 bits per heavy atom. The monoisotopic (exact) mass is 265 g/mol. The summed E-state index contributed by atoms with van der Waals surface area (Å²) in [6.45, 7) is 1.09. The molecule has 0 spiro atoms. The van der Waals surface area contributed by atoms with E-state index < -0.39 is 18.2 Å². The van der Waals surface area contributed by atoms with Crippen molar-refractivity contribution in [3.63, 3.8) is 0 Å². The molecule has 0 aliphatic heterocycles. The van der Waals surface area contributed by atoms with Crippen LogP contribution in [0.15, 0.2) is 6.07 Å². The van der Waals surface area contributed by atoms with Gasteiger partial charge in [-0.1, -0.05) is 6.92 Å². The Bertz CT molecular complexity index is 428. The van der Waals surface area contributed by atoms with Crippen LogP contribution in [0.1, 0.15) is 12.6 Å². The van der Waals surface area contributed by atoms with Crippen LogP contribution in [0, 0.1) is 5.92 Å². The standard InChI is InChI=1S/C10H14F3N3O2/c1-6(10(11,12)13)4-7-5-8(16(2)15-7)14-9(17)18-3/h5-6H,4H2,1-3H3,(H,14,17). The zero-order valence-corrected chi connectivity index (χ0v) is 10.2. The first-order chi connectivity index (χ1) is 8.24. The second-order valence-corrected chi connectivity index (χ2v) is 3.91. The first kappa shape index (κ1) is 14.3. The zero-order valence-electron chi connectivity index (χ0n) is 10.2. The van der Waals surface area contributed by atoms with Gasteiger partial charge in [0, 0.05) is 19.5 Å². The van der Waals surface area contributed by atoms with Gasteiger partial charge in [-0.3, -0.25) is 10.00 Å². The number of carbonyl (C=O) groups excluding carboxylic acids is 1. The van der Waals surface area contributed by atoms with E-state index in [1.54, 1.807) is 0 Å². The molecule has 1 amide bonds. The molecule has 1 atom stereocenters. The first-order valence-corrected chi connectivity index (χ1v) is 5.18. The van der Waals surface area contributed by atoms with Crippen molar-refractivity contribution in [1.82, 2.24) is 9.78 Å². The number of alkyl halides is 3. The number of ether oxygens (including phenoxy) is 1. The van der Waals surface area contributed by atoms with Crippen LogP contribution in [0.3, 0.4) is 0 Å². The predicted molar refractivity (Wildman–Crippen MR) is 58.2 cm³/mol. The van der Waals surface area contributed by atoms with Crippen molar-refractivity contribution in [3.8, 4) is 0 Å². The molecule has 5 nitrogen and oxygen atoms in total. The molecule has 0 aliphatic rings. The minimum atomic E-state index is -4.26. The Labute approximate surface area is 102 Å². The number of anilines is 1. The highest BCUT2D eigenvalue weighted by molar-refractivity contribution is 5.83. The summed E-state index contributed by atoms with van der Waals surface area (Å²) in [5.74, 6) is -1.20. The van der Waals surface area contributed by atoms with Gasteiger partial charge < -0.3 is 4.74 Å². The number of rotatable bonds is 3. The number of methoxy groups -OCH3 is 1. The van der Waals surface area contributed by atoms with Gasteiger partial charge in [0.15, 0.2) is 0 Å². The maximum absolute atomic E-state index is 12.4. The number of aromatic nitrogens is 2. The highest BCUT2D eigenvalue weighted by Crippen LogP contribution is 2.28. The molecule has 0 aliphatic carbocycles. The van der Waals surface area contributed by atoms with Crippen LogP contribution in [0.25, 0.3) is 0 Å². The lowest BCUT2D eigenvalue weighted by molar-refractivity contribution is -0.169. The predicted octanol–water partition coefficient (Wildman–Crippen LogP) is 2.34. The summed E-state index contributed by atoms with van der Waals surface area (Å²) < 4.78 is 42.8. The van der Waals surface area contributed by atoms with Gasteiger partial charge >= 0.3 is 12.3 Å². The molecule has 0 radical (unpaired) electrons. The van der Waals surface area contributed by atoms with Crippen molar-refractivity contribution < 1.29 is 22.7 Å². The second kappa shape index (κ2) is 5.28. The lowest BCUT2D eigenvalue weighted by Gasteiger charge is -2.13. The molecular formula is C10H14F3N3O2. The maximum Gasteiger partial charge on any atom is 0.412 e. The Balaban J connectivity index is 2.75. The van der Waals surface area contributed by atoms with Crippen molar-refractivity contribution in [3.05, 3.63) is 11.8 Å². The third kappa shape index (κ3) is 3.64. The van der Waals surface area contributed by atoms with Crippen LogP contribution in [0.4, 0.5) is 23.8 Å². The fourth-order valence-corrected chi connectivity index (χ4v) is 1.33. The molecule has 1 aromatic heterocycles. The van der Waals surface area contributed by atoms with E-state index in [0.717, 1.165) is 6.92 Å². The van der Waals surface area contributed by atoms with E-state index in [-0.39, 0.29) is 17.9 Å². The molecule has 0 aromatic carbocycles. The Morgan fingerprint density at radius 2 is 2.22 bits per heavy atom. The average molecular weight is 265 g/mol. The summed E-state index contributed by atoms with van der Waals surface area (Å²) in [7, 11) is 2.71. The van der Waals surface area contributed by atoms with E-state index >= 15 is 0 Å². The second-order valence-electron chi connectivity index (χ2n) is 3.91. The van der Waals surface area contributed by atoms with Crippen molar-refractivity contribution in [2.45, 2.75) is 19.5 Å².